The van der Waals surface area contributed by atoms with E-state index in [4.69, 9.17) is 9.15 Å². The molecule has 1 aliphatic rings. The molecule has 0 amide bonds. The average molecular weight is 379 g/mol. The summed E-state index contributed by atoms with van der Waals surface area (Å²) in [6.45, 7) is 6.92. The lowest BCUT2D eigenvalue weighted by molar-refractivity contribution is 0.113. The summed E-state index contributed by atoms with van der Waals surface area (Å²) in [5, 5.41) is 0.927. The third-order valence-electron chi connectivity index (χ3n) is 5.52. The topological polar surface area (TPSA) is 42.7 Å². The van der Waals surface area contributed by atoms with Gasteiger partial charge in [0.2, 0.25) is 6.43 Å². The molecule has 1 aliphatic heterocycles. The molecule has 0 spiro atoms. The summed E-state index contributed by atoms with van der Waals surface area (Å²) in [6.07, 6.45) is 0.362. The quantitative estimate of drug-likeness (QED) is 0.662. The second kappa shape index (κ2) is 8.83. The Morgan fingerprint density at radius 3 is 2.67 bits per heavy atom. The maximum Gasteiger partial charge on any atom is 0.339 e. The number of benzene rings is 1. The highest BCUT2D eigenvalue weighted by atomic mass is 19.3. The van der Waals surface area contributed by atoms with Crippen LogP contribution in [0.4, 0.5) is 8.78 Å². The number of alkyl halides is 2. The first-order valence-corrected chi connectivity index (χ1v) is 9.61. The van der Waals surface area contributed by atoms with E-state index in [9.17, 15) is 13.6 Å². The lowest BCUT2D eigenvalue weighted by Crippen LogP contribution is -2.36. The number of hydrogen-bond donors (Lipinski definition) is 0. The number of rotatable bonds is 7. The van der Waals surface area contributed by atoms with E-state index in [2.05, 4.69) is 4.90 Å². The number of piperidine rings is 1. The molecule has 1 fully saturated rings. The van der Waals surface area contributed by atoms with Crippen molar-refractivity contribution in [3.8, 4) is 5.75 Å². The average Bonchev–Trinajstić information content (AvgIpc) is 2.65. The van der Waals surface area contributed by atoms with E-state index in [0.29, 0.717) is 35.8 Å². The molecule has 0 bridgehead atoms. The molecule has 6 heteroatoms. The van der Waals surface area contributed by atoms with Crippen LogP contribution in [0.3, 0.4) is 0 Å². The van der Waals surface area contributed by atoms with E-state index in [-0.39, 0.29) is 12.0 Å². The molecule has 3 rings (SSSR count). The van der Waals surface area contributed by atoms with E-state index in [1.54, 1.807) is 13.0 Å². The highest BCUT2D eigenvalue weighted by Crippen LogP contribution is 2.25. The van der Waals surface area contributed by atoms with Crippen molar-refractivity contribution in [2.24, 2.45) is 5.92 Å². The number of fused-ring (bicyclic) bond motifs is 1. The molecule has 0 N–H and O–H groups in total. The highest BCUT2D eigenvalue weighted by molar-refractivity contribution is 5.82. The second-order valence-corrected chi connectivity index (χ2v) is 7.43. The van der Waals surface area contributed by atoms with Crippen LogP contribution in [0.15, 0.2) is 27.4 Å². The Labute approximate surface area is 158 Å². The Morgan fingerprint density at radius 1 is 1.22 bits per heavy atom. The smallest absolute Gasteiger partial charge is 0.339 e. The first-order valence-electron chi connectivity index (χ1n) is 9.61. The van der Waals surface area contributed by atoms with Gasteiger partial charge in [-0.2, -0.15) is 0 Å². The number of ether oxygens (including phenoxy) is 1. The van der Waals surface area contributed by atoms with Crippen molar-refractivity contribution in [2.45, 2.75) is 46.0 Å². The van der Waals surface area contributed by atoms with Gasteiger partial charge in [0, 0.05) is 23.4 Å². The third-order valence-corrected chi connectivity index (χ3v) is 5.52. The summed E-state index contributed by atoms with van der Waals surface area (Å²) in [5.41, 5.74) is 1.81. The molecule has 4 nitrogen and oxygen atoms in total. The number of nitrogens with zero attached hydrogens (tertiary/aromatic N) is 1. The maximum atomic E-state index is 12.2. The maximum absolute atomic E-state index is 12.2. The van der Waals surface area contributed by atoms with Crippen molar-refractivity contribution in [3.63, 3.8) is 0 Å². The van der Waals surface area contributed by atoms with Gasteiger partial charge in [-0.15, -0.1) is 0 Å². The Kier molecular flexibility index (Phi) is 6.47. The number of likely N-dealkylation sites (tertiary alicyclic amines) is 1. The van der Waals surface area contributed by atoms with Gasteiger partial charge in [-0.25, -0.2) is 13.6 Å². The summed E-state index contributed by atoms with van der Waals surface area (Å²) < 4.78 is 35.7. The summed E-state index contributed by atoms with van der Waals surface area (Å²) in [6, 6.07) is 5.62. The van der Waals surface area contributed by atoms with Crippen molar-refractivity contribution in [3.05, 3.63) is 39.7 Å². The molecule has 148 valence electrons. The lowest BCUT2D eigenvalue weighted by Gasteiger charge is -2.31. The van der Waals surface area contributed by atoms with Crippen LogP contribution in [-0.4, -0.2) is 37.6 Å². The van der Waals surface area contributed by atoms with Crippen LogP contribution in [0, 0.1) is 19.8 Å². The molecule has 27 heavy (non-hydrogen) atoms. The van der Waals surface area contributed by atoms with Crippen LogP contribution in [0.1, 0.15) is 36.8 Å². The zero-order valence-electron chi connectivity index (χ0n) is 16.0. The molecule has 0 unspecified atom stereocenters. The van der Waals surface area contributed by atoms with Crippen LogP contribution in [0.25, 0.3) is 11.0 Å². The van der Waals surface area contributed by atoms with Crippen molar-refractivity contribution < 1.29 is 17.9 Å². The standard InChI is InChI=1S/C21H27F2NO3/c1-14-15(2)21(25)27-19-12-17(5-6-18(14)19)26-13-16-7-10-24(11-8-16)9-3-4-20(22)23/h5-6,12,16,20H,3-4,7-11,13H2,1-2H3. The van der Waals surface area contributed by atoms with Crippen molar-refractivity contribution >= 4 is 11.0 Å². The summed E-state index contributed by atoms with van der Waals surface area (Å²) in [4.78, 5) is 14.1. The zero-order valence-corrected chi connectivity index (χ0v) is 16.0. The van der Waals surface area contributed by atoms with Gasteiger partial charge in [-0.1, -0.05) is 0 Å². The molecule has 0 aliphatic carbocycles. The highest BCUT2D eigenvalue weighted by Gasteiger charge is 2.20. The Morgan fingerprint density at radius 2 is 1.96 bits per heavy atom. The van der Waals surface area contributed by atoms with Gasteiger partial charge in [0.05, 0.1) is 6.61 Å². The van der Waals surface area contributed by atoms with E-state index in [1.807, 2.05) is 19.1 Å². The molecule has 2 aromatic rings. The summed E-state index contributed by atoms with van der Waals surface area (Å²) in [5.74, 6) is 1.16. The molecular formula is C21H27F2NO3. The van der Waals surface area contributed by atoms with E-state index in [1.165, 1.54) is 0 Å². The van der Waals surface area contributed by atoms with Gasteiger partial charge in [0.25, 0.3) is 0 Å². The minimum atomic E-state index is -2.20. The largest absolute Gasteiger partial charge is 0.493 e. The molecule has 1 saturated heterocycles. The normalized spacial score (nSPS) is 16.3. The minimum Gasteiger partial charge on any atom is -0.493 e. The molecule has 1 aromatic heterocycles. The SMILES string of the molecule is Cc1c(C)c2ccc(OCC3CCN(CCCC(F)F)CC3)cc2oc1=O. The van der Waals surface area contributed by atoms with Gasteiger partial charge < -0.3 is 14.1 Å². The number of aryl methyl sites for hydroxylation is 1. The van der Waals surface area contributed by atoms with Gasteiger partial charge in [0.1, 0.15) is 11.3 Å². The van der Waals surface area contributed by atoms with Gasteiger partial charge in [-0.3, -0.25) is 0 Å². The van der Waals surface area contributed by atoms with Crippen molar-refractivity contribution in [1.29, 1.82) is 0 Å². The molecule has 2 heterocycles. The summed E-state index contributed by atoms with van der Waals surface area (Å²) in [7, 11) is 0. The minimum absolute atomic E-state index is 0.0138. The fourth-order valence-corrected chi connectivity index (χ4v) is 3.58. The second-order valence-electron chi connectivity index (χ2n) is 7.43. The van der Waals surface area contributed by atoms with Crippen molar-refractivity contribution in [2.75, 3.05) is 26.2 Å². The van der Waals surface area contributed by atoms with E-state index >= 15 is 0 Å². The Hall–Kier alpha value is -1.95. The third kappa shape index (κ3) is 5.06. The van der Waals surface area contributed by atoms with Crippen LogP contribution < -0.4 is 10.4 Å². The molecule has 0 atom stereocenters. The van der Waals surface area contributed by atoms with Crippen molar-refractivity contribution in [1.82, 2.24) is 4.90 Å². The molecule has 0 saturated carbocycles. The fourth-order valence-electron chi connectivity index (χ4n) is 3.58. The summed E-state index contributed by atoms with van der Waals surface area (Å²) >= 11 is 0. The van der Waals surface area contributed by atoms with Crippen LogP contribution in [-0.2, 0) is 0 Å². The molecule has 0 radical (unpaired) electrons. The predicted molar refractivity (Wildman–Crippen MR) is 102 cm³/mol. The van der Waals surface area contributed by atoms with E-state index in [0.717, 1.165) is 43.4 Å². The Bertz CT molecular complexity index is 826. The van der Waals surface area contributed by atoms with Crippen LogP contribution in [0.5, 0.6) is 5.75 Å². The first-order chi connectivity index (χ1) is 12.9. The zero-order chi connectivity index (χ0) is 19.4. The first kappa shape index (κ1) is 19.8. The lowest BCUT2D eigenvalue weighted by atomic mass is 9.97. The Balaban J connectivity index is 1.51. The molecular weight excluding hydrogens is 352 g/mol. The van der Waals surface area contributed by atoms with E-state index < -0.39 is 6.43 Å². The fraction of sp³-hybridized carbons (Fsp3) is 0.571. The monoisotopic (exact) mass is 379 g/mol. The van der Waals surface area contributed by atoms with Crippen LogP contribution in [0.2, 0.25) is 0 Å². The number of halogens is 2. The van der Waals surface area contributed by atoms with Crippen LogP contribution >= 0.6 is 0 Å². The van der Waals surface area contributed by atoms with Gasteiger partial charge in [0.15, 0.2) is 0 Å². The van der Waals surface area contributed by atoms with Gasteiger partial charge in [-0.05, 0) is 76.4 Å². The molecule has 1 aromatic carbocycles. The number of hydrogen-bond acceptors (Lipinski definition) is 4. The van der Waals surface area contributed by atoms with Gasteiger partial charge >= 0.3 is 5.63 Å². The predicted octanol–water partition coefficient (Wildman–Crippen LogP) is 4.55.